The molecule has 0 aliphatic carbocycles. The molecule has 0 saturated carbocycles. The predicted molar refractivity (Wildman–Crippen MR) is 60.3 cm³/mol. The second-order valence-electron chi connectivity index (χ2n) is 2.99. The van der Waals surface area contributed by atoms with E-state index < -0.39 is 23.6 Å². The topological polar surface area (TPSA) is 69.6 Å². The molecule has 0 fully saturated rings. The number of nitrogens with one attached hydrogen (secondary N) is 1. The minimum absolute atomic E-state index is 0.162. The normalized spacial score (nSPS) is 12.4. The van der Waals surface area contributed by atoms with Gasteiger partial charge < -0.3 is 10.2 Å². The Balaban J connectivity index is 2.80. The Morgan fingerprint density at radius 1 is 1.60 bits per heavy atom. The van der Waals surface area contributed by atoms with Gasteiger partial charge in [-0.05, 0) is 24.1 Å². The van der Waals surface area contributed by atoms with Crippen molar-refractivity contribution in [1.82, 2.24) is 3.53 Å². The molecule has 0 aliphatic rings. The molecule has 1 aromatic rings. The van der Waals surface area contributed by atoms with Gasteiger partial charge in [0.2, 0.25) is 0 Å². The third-order valence-corrected chi connectivity index (χ3v) is 2.63. The molecule has 1 aromatic carbocycles. The van der Waals surface area contributed by atoms with Gasteiger partial charge in [0, 0.05) is 22.9 Å². The third kappa shape index (κ3) is 3.31. The van der Waals surface area contributed by atoms with Crippen LogP contribution in [0.5, 0.6) is 5.75 Å². The van der Waals surface area contributed by atoms with Crippen LogP contribution in [0.4, 0.5) is 4.39 Å². The smallest absolute Gasteiger partial charge is 0.321 e. The van der Waals surface area contributed by atoms with Crippen LogP contribution in [0.15, 0.2) is 18.2 Å². The number of rotatable bonds is 4. The molecule has 1 atom stereocenters. The highest BCUT2D eigenvalue weighted by molar-refractivity contribution is 14.1. The van der Waals surface area contributed by atoms with Crippen LogP contribution < -0.4 is 3.53 Å². The first-order valence-electron chi connectivity index (χ1n) is 4.11. The van der Waals surface area contributed by atoms with Crippen LogP contribution in [0.1, 0.15) is 5.56 Å². The Morgan fingerprint density at radius 3 is 2.73 bits per heavy atom. The van der Waals surface area contributed by atoms with Crippen molar-refractivity contribution in [2.24, 2.45) is 0 Å². The summed E-state index contributed by atoms with van der Waals surface area (Å²) < 4.78 is 15.5. The number of carboxylic acid groups (broad SMARTS) is 1. The number of benzene rings is 1. The van der Waals surface area contributed by atoms with Crippen molar-refractivity contribution in [3.05, 3.63) is 29.6 Å². The van der Waals surface area contributed by atoms with E-state index >= 15 is 0 Å². The lowest BCUT2D eigenvalue weighted by molar-refractivity contribution is -0.138. The molecule has 0 heterocycles. The van der Waals surface area contributed by atoms with Gasteiger partial charge in [0.05, 0.1) is 0 Å². The Hall–Kier alpha value is -0.890. The van der Waals surface area contributed by atoms with Crippen molar-refractivity contribution in [3.8, 4) is 5.75 Å². The molecule has 1 rings (SSSR count). The number of phenolic OH excluding ortho intramolecular Hbond substituents is 1. The van der Waals surface area contributed by atoms with Crippen molar-refractivity contribution < 1.29 is 19.4 Å². The van der Waals surface area contributed by atoms with E-state index in [0.29, 0.717) is 5.56 Å². The monoisotopic (exact) mass is 325 g/mol. The van der Waals surface area contributed by atoms with E-state index in [4.69, 9.17) is 10.2 Å². The molecule has 0 amide bonds. The summed E-state index contributed by atoms with van der Waals surface area (Å²) in [5, 5.41) is 17.7. The van der Waals surface area contributed by atoms with E-state index in [-0.39, 0.29) is 6.42 Å². The molecule has 0 aromatic heterocycles. The molecule has 1 unspecified atom stereocenters. The van der Waals surface area contributed by atoms with Crippen LogP contribution in [0.25, 0.3) is 0 Å². The molecule has 15 heavy (non-hydrogen) atoms. The van der Waals surface area contributed by atoms with Crippen LogP contribution in [-0.2, 0) is 11.2 Å². The van der Waals surface area contributed by atoms with Gasteiger partial charge in [-0.15, -0.1) is 0 Å². The summed E-state index contributed by atoms with van der Waals surface area (Å²) in [5.74, 6) is -2.18. The highest BCUT2D eigenvalue weighted by Gasteiger charge is 2.16. The van der Waals surface area contributed by atoms with Crippen LogP contribution in [-0.4, -0.2) is 22.2 Å². The van der Waals surface area contributed by atoms with Gasteiger partial charge in [0.15, 0.2) is 11.6 Å². The first kappa shape index (κ1) is 12.2. The Labute approximate surface area is 99.6 Å². The number of halogens is 2. The van der Waals surface area contributed by atoms with Crippen LogP contribution in [0.2, 0.25) is 0 Å². The maximum absolute atomic E-state index is 12.9. The van der Waals surface area contributed by atoms with Crippen molar-refractivity contribution in [2.75, 3.05) is 0 Å². The average molecular weight is 325 g/mol. The molecule has 4 nitrogen and oxygen atoms in total. The Morgan fingerprint density at radius 2 is 2.27 bits per heavy atom. The number of hydrogen-bond acceptors (Lipinski definition) is 3. The zero-order valence-electron chi connectivity index (χ0n) is 7.58. The van der Waals surface area contributed by atoms with E-state index in [0.717, 1.165) is 6.07 Å². The van der Waals surface area contributed by atoms with Crippen LogP contribution in [0.3, 0.4) is 0 Å². The fraction of sp³-hybridized carbons (Fsp3) is 0.222. The standard InChI is InChI=1S/C9H9FINO3/c10-6-3-5(1-2-8(6)13)4-7(12-11)9(14)15/h1-3,7,12-13H,4H2,(H,14,15). The van der Waals surface area contributed by atoms with E-state index in [1.54, 1.807) is 22.9 Å². The lowest BCUT2D eigenvalue weighted by atomic mass is 10.1. The van der Waals surface area contributed by atoms with Crippen LogP contribution >= 0.6 is 22.9 Å². The number of aromatic hydroxyl groups is 1. The highest BCUT2D eigenvalue weighted by Crippen LogP contribution is 2.17. The lowest BCUT2D eigenvalue weighted by Crippen LogP contribution is -2.32. The summed E-state index contributed by atoms with van der Waals surface area (Å²) in [7, 11) is 0. The van der Waals surface area contributed by atoms with Crippen molar-refractivity contribution in [2.45, 2.75) is 12.5 Å². The molecular formula is C9H9FINO3. The zero-order chi connectivity index (χ0) is 11.4. The molecule has 6 heteroatoms. The number of carboxylic acids is 1. The Bertz CT molecular complexity index is 372. The quantitative estimate of drug-likeness (QED) is 0.579. The molecule has 82 valence electrons. The van der Waals surface area contributed by atoms with Gasteiger partial charge >= 0.3 is 5.97 Å². The maximum atomic E-state index is 12.9. The van der Waals surface area contributed by atoms with E-state index in [1.807, 2.05) is 0 Å². The number of hydrogen-bond donors (Lipinski definition) is 3. The first-order chi connectivity index (χ1) is 7.04. The van der Waals surface area contributed by atoms with Crippen molar-refractivity contribution in [3.63, 3.8) is 0 Å². The second-order valence-corrected chi connectivity index (χ2v) is 3.61. The largest absolute Gasteiger partial charge is 0.505 e. The summed E-state index contributed by atoms with van der Waals surface area (Å²) in [4.78, 5) is 10.7. The predicted octanol–water partition coefficient (Wildman–Crippen LogP) is 1.47. The molecule has 3 N–H and O–H groups in total. The van der Waals surface area contributed by atoms with Gasteiger partial charge in [-0.1, -0.05) is 6.07 Å². The summed E-state index contributed by atoms with van der Waals surface area (Å²) in [6, 6.07) is 3.05. The van der Waals surface area contributed by atoms with E-state index in [1.165, 1.54) is 12.1 Å². The van der Waals surface area contributed by atoms with Gasteiger partial charge in [-0.25, -0.2) is 7.92 Å². The van der Waals surface area contributed by atoms with E-state index in [2.05, 4.69) is 3.53 Å². The number of carbonyl (C=O) groups is 1. The van der Waals surface area contributed by atoms with Gasteiger partial charge in [0.1, 0.15) is 6.04 Å². The molecule has 0 aliphatic heterocycles. The van der Waals surface area contributed by atoms with Gasteiger partial charge in [-0.2, -0.15) is 0 Å². The second kappa shape index (κ2) is 5.26. The summed E-state index contributed by atoms with van der Waals surface area (Å²) in [6.45, 7) is 0. The molecule has 0 bridgehead atoms. The highest BCUT2D eigenvalue weighted by atomic mass is 127. The third-order valence-electron chi connectivity index (χ3n) is 1.88. The summed E-state index contributed by atoms with van der Waals surface area (Å²) in [5.41, 5.74) is 0.516. The summed E-state index contributed by atoms with van der Waals surface area (Å²) >= 11 is 1.73. The fourth-order valence-electron chi connectivity index (χ4n) is 1.09. The number of aliphatic carboxylic acids is 1. The van der Waals surface area contributed by atoms with Gasteiger partial charge in [-0.3, -0.25) is 4.79 Å². The summed E-state index contributed by atoms with van der Waals surface area (Å²) in [6.07, 6.45) is 0.162. The van der Waals surface area contributed by atoms with Crippen molar-refractivity contribution >= 4 is 28.8 Å². The molecule has 0 radical (unpaired) electrons. The molecule has 0 spiro atoms. The molecular weight excluding hydrogens is 316 g/mol. The first-order valence-corrected chi connectivity index (χ1v) is 5.19. The number of phenols is 1. The minimum Gasteiger partial charge on any atom is -0.505 e. The maximum Gasteiger partial charge on any atom is 0.321 e. The lowest BCUT2D eigenvalue weighted by Gasteiger charge is -2.09. The molecule has 0 saturated heterocycles. The zero-order valence-corrected chi connectivity index (χ0v) is 9.73. The van der Waals surface area contributed by atoms with Gasteiger partial charge in [0.25, 0.3) is 0 Å². The SMILES string of the molecule is O=C(O)C(Cc1ccc(O)c(F)c1)NI. The average Bonchev–Trinajstić information content (AvgIpc) is 2.19. The minimum atomic E-state index is -1.00. The Kier molecular flexibility index (Phi) is 4.28. The van der Waals surface area contributed by atoms with E-state index in [9.17, 15) is 9.18 Å². The fourth-order valence-corrected chi connectivity index (χ4v) is 1.57. The van der Waals surface area contributed by atoms with Crippen LogP contribution in [0, 0.1) is 5.82 Å². The van der Waals surface area contributed by atoms with Crippen molar-refractivity contribution in [1.29, 1.82) is 0 Å².